The lowest BCUT2D eigenvalue weighted by molar-refractivity contribution is -0.359. The molecule has 14 heteroatoms. The number of hydrogen-bond acceptors (Lipinski definition) is 13. The first-order chi connectivity index (χ1) is 32.1. The number of carbonyl (C=O) groups is 1. The fourth-order valence-electron chi connectivity index (χ4n) is 9.36. The Morgan fingerprint density at radius 3 is 1.29 bits per heavy atom. The molecule has 0 bridgehead atoms. The molecule has 2 rings (SSSR count). The molecule has 2 fully saturated rings. The second kappa shape index (κ2) is 39.7. The van der Waals surface area contributed by atoms with Gasteiger partial charge in [0, 0.05) is 6.42 Å². The highest BCUT2D eigenvalue weighted by Gasteiger charge is 2.51. The first-order valence-corrected chi connectivity index (χ1v) is 27.3. The zero-order valence-corrected chi connectivity index (χ0v) is 41.7. The Morgan fingerprint density at radius 1 is 0.485 bits per heavy atom. The Kier molecular flexibility index (Phi) is 36.7. The summed E-state index contributed by atoms with van der Waals surface area (Å²) in [5.74, 6) is -0.207. The molecule has 2 aliphatic heterocycles. The topological polar surface area (TPSA) is 228 Å². The van der Waals surface area contributed by atoms with Gasteiger partial charge in [-0.15, -0.1) is 0 Å². The molecule has 66 heavy (non-hydrogen) atoms. The van der Waals surface area contributed by atoms with E-state index in [0.29, 0.717) is 12.8 Å². The third-order valence-electron chi connectivity index (χ3n) is 13.8. The van der Waals surface area contributed by atoms with Crippen LogP contribution in [0.15, 0.2) is 0 Å². The van der Waals surface area contributed by atoms with Crippen molar-refractivity contribution in [3.8, 4) is 0 Å². The average molecular weight is 948 g/mol. The summed E-state index contributed by atoms with van der Waals surface area (Å²) < 4.78 is 22.7. The van der Waals surface area contributed by atoms with Crippen LogP contribution in [0.4, 0.5) is 0 Å². The number of aliphatic hydroxyl groups excluding tert-OH is 8. The van der Waals surface area contributed by atoms with E-state index in [1.165, 1.54) is 154 Å². The van der Waals surface area contributed by atoms with Crippen molar-refractivity contribution < 1.29 is 64.6 Å². The molecule has 2 heterocycles. The first-order valence-electron chi connectivity index (χ1n) is 27.3. The van der Waals surface area contributed by atoms with E-state index >= 15 is 0 Å². The standard InChI is InChI=1S/C52H101NO13/c1-3-5-7-9-11-13-14-15-16-17-18-19-20-21-22-23-24-25-26-28-29-31-33-35-41(56)40(53-44(57)36-34-32-30-27-12-10-8-6-4-2)39-63-51-49(62)47(60)50(43(38-55)65-51)66-52-48(61)46(59)45(58)42(37-54)64-52/h40-43,45-52,54-56,58-62H,3-39H2,1-2H3,(H,53,57). The highest BCUT2D eigenvalue weighted by molar-refractivity contribution is 5.76. The van der Waals surface area contributed by atoms with Crippen LogP contribution >= 0.6 is 0 Å². The van der Waals surface area contributed by atoms with Crippen LogP contribution < -0.4 is 5.32 Å². The van der Waals surface area contributed by atoms with Crippen molar-refractivity contribution >= 4 is 5.91 Å². The summed E-state index contributed by atoms with van der Waals surface area (Å²) in [6.07, 6.45) is 24.1. The molecule has 0 saturated carbocycles. The Morgan fingerprint density at radius 2 is 0.864 bits per heavy atom. The monoisotopic (exact) mass is 948 g/mol. The second-order valence-electron chi connectivity index (χ2n) is 19.7. The van der Waals surface area contributed by atoms with E-state index in [4.69, 9.17) is 18.9 Å². The minimum absolute atomic E-state index is 0.207. The molecule has 392 valence electrons. The lowest BCUT2D eigenvalue weighted by Gasteiger charge is -2.46. The fourth-order valence-corrected chi connectivity index (χ4v) is 9.36. The van der Waals surface area contributed by atoms with Crippen molar-refractivity contribution in [3.63, 3.8) is 0 Å². The number of unbranched alkanes of at least 4 members (excludes halogenated alkanes) is 30. The zero-order chi connectivity index (χ0) is 48.2. The van der Waals surface area contributed by atoms with Gasteiger partial charge >= 0.3 is 0 Å². The van der Waals surface area contributed by atoms with Gasteiger partial charge in [0.2, 0.25) is 5.91 Å². The average Bonchev–Trinajstić information content (AvgIpc) is 3.31. The van der Waals surface area contributed by atoms with Crippen molar-refractivity contribution in [2.45, 2.75) is 306 Å². The summed E-state index contributed by atoms with van der Waals surface area (Å²) in [6, 6.07) is -0.820. The van der Waals surface area contributed by atoms with Crippen molar-refractivity contribution in [1.29, 1.82) is 0 Å². The maximum atomic E-state index is 13.1. The van der Waals surface area contributed by atoms with Gasteiger partial charge in [-0.2, -0.15) is 0 Å². The number of amides is 1. The lowest BCUT2D eigenvalue weighted by Crippen LogP contribution is -2.65. The van der Waals surface area contributed by atoms with E-state index in [0.717, 1.165) is 51.4 Å². The van der Waals surface area contributed by atoms with Gasteiger partial charge in [0.1, 0.15) is 48.8 Å². The molecule has 14 nitrogen and oxygen atoms in total. The maximum Gasteiger partial charge on any atom is 0.220 e. The summed E-state index contributed by atoms with van der Waals surface area (Å²) in [4.78, 5) is 13.1. The van der Waals surface area contributed by atoms with Crippen LogP contribution in [-0.2, 0) is 23.7 Å². The molecule has 0 aromatic carbocycles. The van der Waals surface area contributed by atoms with Gasteiger partial charge in [-0.3, -0.25) is 4.79 Å². The Hall–Kier alpha value is -1.01. The Balaban J connectivity index is 1.73. The molecule has 0 aliphatic carbocycles. The Labute approximate surface area is 400 Å². The van der Waals surface area contributed by atoms with Gasteiger partial charge < -0.3 is 65.1 Å². The smallest absolute Gasteiger partial charge is 0.220 e. The zero-order valence-electron chi connectivity index (χ0n) is 41.7. The predicted octanol–water partition coefficient (Wildman–Crippen LogP) is 7.78. The largest absolute Gasteiger partial charge is 0.394 e. The van der Waals surface area contributed by atoms with Crippen molar-refractivity contribution in [3.05, 3.63) is 0 Å². The van der Waals surface area contributed by atoms with E-state index in [-0.39, 0.29) is 12.5 Å². The number of aliphatic hydroxyl groups is 8. The quantitative estimate of drug-likeness (QED) is 0.0267. The molecule has 2 saturated heterocycles. The molecule has 12 unspecified atom stereocenters. The first kappa shape index (κ1) is 61.1. The number of nitrogens with one attached hydrogen (secondary N) is 1. The summed E-state index contributed by atoms with van der Waals surface area (Å²) in [7, 11) is 0. The summed E-state index contributed by atoms with van der Waals surface area (Å²) >= 11 is 0. The van der Waals surface area contributed by atoms with Gasteiger partial charge in [-0.05, 0) is 12.8 Å². The summed E-state index contributed by atoms with van der Waals surface area (Å²) in [5, 5.41) is 86.9. The van der Waals surface area contributed by atoms with E-state index in [1.807, 2.05) is 0 Å². The second-order valence-corrected chi connectivity index (χ2v) is 19.7. The molecule has 2 aliphatic rings. The Bertz CT molecular complexity index is 1120. The molecule has 12 atom stereocenters. The number of ether oxygens (including phenoxy) is 4. The highest BCUT2D eigenvalue weighted by Crippen LogP contribution is 2.30. The van der Waals surface area contributed by atoms with Crippen LogP contribution in [0.25, 0.3) is 0 Å². The van der Waals surface area contributed by atoms with Gasteiger partial charge in [0.15, 0.2) is 12.6 Å². The van der Waals surface area contributed by atoms with Crippen LogP contribution in [0.5, 0.6) is 0 Å². The number of hydrogen-bond donors (Lipinski definition) is 9. The van der Waals surface area contributed by atoms with E-state index in [2.05, 4.69) is 19.2 Å². The molecule has 9 N–H and O–H groups in total. The highest BCUT2D eigenvalue weighted by atomic mass is 16.7. The normalized spacial score (nSPS) is 26.7. The molecule has 0 aromatic rings. The van der Waals surface area contributed by atoms with Crippen LogP contribution in [0.3, 0.4) is 0 Å². The molecule has 0 radical (unpaired) electrons. The van der Waals surface area contributed by atoms with Crippen LogP contribution in [0.1, 0.15) is 232 Å². The fraction of sp³-hybridized carbons (Fsp3) is 0.981. The SMILES string of the molecule is CCCCCCCCCCCCCCCCCCCCCCCCCC(O)C(COC1OC(CO)C(OC2OC(CO)C(O)C(O)C2O)C(O)C1O)NC(=O)CCCCCCCCCCC. The minimum atomic E-state index is -1.78. The van der Waals surface area contributed by atoms with Crippen molar-refractivity contribution in [1.82, 2.24) is 5.32 Å². The van der Waals surface area contributed by atoms with Crippen LogP contribution in [0.2, 0.25) is 0 Å². The minimum Gasteiger partial charge on any atom is -0.394 e. The summed E-state index contributed by atoms with van der Waals surface area (Å²) in [6.45, 7) is 2.85. The van der Waals surface area contributed by atoms with Crippen LogP contribution in [0, 0.1) is 0 Å². The van der Waals surface area contributed by atoms with Gasteiger partial charge in [0.05, 0.1) is 32.0 Å². The van der Waals surface area contributed by atoms with Gasteiger partial charge in [-0.1, -0.05) is 213 Å². The van der Waals surface area contributed by atoms with Crippen molar-refractivity contribution in [2.24, 2.45) is 0 Å². The summed E-state index contributed by atoms with van der Waals surface area (Å²) in [5.41, 5.74) is 0. The molecule has 0 spiro atoms. The molecular weight excluding hydrogens is 847 g/mol. The third kappa shape index (κ3) is 26.3. The molecule has 0 aromatic heterocycles. The maximum absolute atomic E-state index is 13.1. The van der Waals surface area contributed by atoms with Gasteiger partial charge in [0.25, 0.3) is 0 Å². The molecule has 1 amide bonds. The van der Waals surface area contributed by atoms with E-state index in [1.54, 1.807) is 0 Å². The lowest BCUT2D eigenvalue weighted by atomic mass is 9.97. The van der Waals surface area contributed by atoms with Crippen molar-refractivity contribution in [2.75, 3.05) is 19.8 Å². The molecular formula is C52H101NO13. The van der Waals surface area contributed by atoms with Gasteiger partial charge in [-0.25, -0.2) is 0 Å². The number of carbonyl (C=O) groups excluding carboxylic acids is 1. The predicted molar refractivity (Wildman–Crippen MR) is 259 cm³/mol. The van der Waals surface area contributed by atoms with E-state index in [9.17, 15) is 45.6 Å². The number of rotatable bonds is 43. The third-order valence-corrected chi connectivity index (χ3v) is 13.8. The van der Waals surface area contributed by atoms with E-state index < -0.39 is 86.8 Å². The van der Waals surface area contributed by atoms with Crippen LogP contribution in [-0.4, -0.2) is 140 Å².